The number of urea groups is 1. The van der Waals surface area contributed by atoms with E-state index in [0.29, 0.717) is 24.9 Å². The van der Waals surface area contributed by atoms with Gasteiger partial charge in [0.1, 0.15) is 0 Å². The largest absolute Gasteiger partial charge is 0.338 e. The Kier molecular flexibility index (Phi) is 6.96. The van der Waals surface area contributed by atoms with Gasteiger partial charge in [-0.25, -0.2) is 9.48 Å². The molecule has 3 rings (SSSR count). The molecule has 1 fully saturated rings. The van der Waals surface area contributed by atoms with Gasteiger partial charge in [-0.2, -0.15) is 5.10 Å². The molecule has 1 aliphatic heterocycles. The second-order valence-electron chi connectivity index (χ2n) is 9.15. The molecule has 6 nitrogen and oxygen atoms in total. The third-order valence-electron chi connectivity index (χ3n) is 5.76. The van der Waals surface area contributed by atoms with E-state index in [1.54, 1.807) is 0 Å². The molecule has 0 saturated carbocycles. The highest BCUT2D eigenvalue weighted by molar-refractivity contribution is 5.73. The molecule has 2 amide bonds. The van der Waals surface area contributed by atoms with E-state index in [9.17, 15) is 4.79 Å². The number of hydrogen-bond donors (Lipinski definition) is 2. The number of likely N-dealkylation sites (tertiary alicyclic amines) is 1. The lowest BCUT2D eigenvalue weighted by atomic mass is 9.88. The number of hydrogen-bond acceptors (Lipinski definition) is 3. The quantitative estimate of drug-likeness (QED) is 0.752. The summed E-state index contributed by atoms with van der Waals surface area (Å²) >= 11 is 0. The van der Waals surface area contributed by atoms with Gasteiger partial charge in [0.25, 0.3) is 0 Å². The third-order valence-corrected chi connectivity index (χ3v) is 5.76. The van der Waals surface area contributed by atoms with E-state index >= 15 is 0 Å². The Bertz CT molecular complexity index is 776. The van der Waals surface area contributed by atoms with Crippen LogP contribution in [0.5, 0.6) is 0 Å². The van der Waals surface area contributed by atoms with E-state index in [-0.39, 0.29) is 11.6 Å². The maximum absolute atomic E-state index is 12.3. The van der Waals surface area contributed by atoms with E-state index in [1.807, 2.05) is 47.4 Å². The molecule has 2 heterocycles. The maximum Gasteiger partial charge on any atom is 0.314 e. The van der Waals surface area contributed by atoms with Crippen molar-refractivity contribution < 1.29 is 4.79 Å². The van der Waals surface area contributed by atoms with E-state index in [4.69, 9.17) is 0 Å². The maximum atomic E-state index is 12.3. The lowest BCUT2D eigenvalue weighted by Gasteiger charge is -2.45. The summed E-state index contributed by atoms with van der Waals surface area (Å²) in [5.41, 5.74) is 2.09. The average molecular weight is 398 g/mol. The fraction of sp³-hybridized carbons (Fsp3) is 0.565. The highest BCUT2D eigenvalue weighted by Gasteiger charge is 2.32. The van der Waals surface area contributed by atoms with Gasteiger partial charge < -0.3 is 10.6 Å². The van der Waals surface area contributed by atoms with Crippen LogP contribution in [0.15, 0.2) is 42.7 Å². The summed E-state index contributed by atoms with van der Waals surface area (Å²) in [5, 5.41) is 10.4. The van der Waals surface area contributed by atoms with Crippen molar-refractivity contribution in [2.45, 2.75) is 46.1 Å². The van der Waals surface area contributed by atoms with Crippen LogP contribution in [0.25, 0.3) is 5.69 Å². The highest BCUT2D eigenvalue weighted by atomic mass is 16.2. The number of benzene rings is 1. The zero-order valence-electron chi connectivity index (χ0n) is 18.2. The van der Waals surface area contributed by atoms with E-state index in [0.717, 1.165) is 30.8 Å². The van der Waals surface area contributed by atoms with Crippen LogP contribution >= 0.6 is 0 Å². The van der Waals surface area contributed by atoms with Crippen LogP contribution in [0, 0.1) is 11.8 Å². The number of carbonyl (C=O) groups is 1. The molecule has 0 radical (unpaired) electrons. The van der Waals surface area contributed by atoms with Crippen LogP contribution in [-0.2, 0) is 6.42 Å². The number of para-hydroxylation sites is 1. The number of aromatic nitrogens is 2. The molecule has 0 aliphatic carbocycles. The van der Waals surface area contributed by atoms with Gasteiger partial charge in [-0.3, -0.25) is 4.90 Å². The molecular formula is C23H35N5O. The summed E-state index contributed by atoms with van der Waals surface area (Å²) < 4.78 is 1.86. The van der Waals surface area contributed by atoms with Crippen LogP contribution in [0.1, 0.15) is 39.7 Å². The van der Waals surface area contributed by atoms with Crippen LogP contribution < -0.4 is 10.6 Å². The van der Waals surface area contributed by atoms with Crippen LogP contribution in [-0.4, -0.2) is 52.4 Å². The van der Waals surface area contributed by atoms with Crippen molar-refractivity contribution in [3.05, 3.63) is 48.3 Å². The molecule has 1 saturated heterocycles. The van der Waals surface area contributed by atoms with Crippen LogP contribution in [0.2, 0.25) is 0 Å². The highest BCUT2D eigenvalue weighted by Crippen LogP contribution is 2.26. The minimum absolute atomic E-state index is 0.0445. The van der Waals surface area contributed by atoms with Gasteiger partial charge >= 0.3 is 6.03 Å². The fourth-order valence-electron chi connectivity index (χ4n) is 4.16. The summed E-state index contributed by atoms with van der Waals surface area (Å²) in [6.45, 7) is 12.5. The Morgan fingerprint density at radius 2 is 1.83 bits per heavy atom. The second-order valence-corrected chi connectivity index (χ2v) is 9.15. The van der Waals surface area contributed by atoms with Crippen LogP contribution in [0.4, 0.5) is 4.79 Å². The van der Waals surface area contributed by atoms with Gasteiger partial charge in [-0.15, -0.1) is 0 Å². The van der Waals surface area contributed by atoms with Crippen molar-refractivity contribution in [2.24, 2.45) is 11.8 Å². The summed E-state index contributed by atoms with van der Waals surface area (Å²) in [6, 6.07) is 9.92. The van der Waals surface area contributed by atoms with Crippen molar-refractivity contribution in [1.29, 1.82) is 0 Å². The zero-order valence-corrected chi connectivity index (χ0v) is 18.2. The SMILES string of the molecule is CC1CC(C)CN(C(C)(C)CNC(=O)NCCc2cnn(-c3ccccc3)c2)C1. The topological polar surface area (TPSA) is 62.2 Å². The monoisotopic (exact) mass is 397 g/mol. The van der Waals surface area contributed by atoms with Gasteiger partial charge in [-0.1, -0.05) is 32.0 Å². The first kappa shape index (κ1) is 21.4. The van der Waals surface area contributed by atoms with Gasteiger partial charge in [0.05, 0.1) is 11.9 Å². The minimum atomic E-state index is -0.105. The Morgan fingerprint density at radius 1 is 1.14 bits per heavy atom. The summed E-state index contributed by atoms with van der Waals surface area (Å²) in [7, 11) is 0. The lowest BCUT2D eigenvalue weighted by Crippen LogP contribution is -2.57. The number of carbonyl (C=O) groups excluding carboxylic acids is 1. The Morgan fingerprint density at radius 3 is 2.52 bits per heavy atom. The molecule has 29 heavy (non-hydrogen) atoms. The smallest absolute Gasteiger partial charge is 0.314 e. The molecule has 2 atom stereocenters. The third kappa shape index (κ3) is 6.07. The molecule has 0 bridgehead atoms. The first-order chi connectivity index (χ1) is 13.8. The number of nitrogens with one attached hydrogen (secondary N) is 2. The van der Waals surface area contributed by atoms with Crippen molar-refractivity contribution in [3.63, 3.8) is 0 Å². The molecule has 2 unspecified atom stereocenters. The number of amides is 2. The number of rotatable bonds is 7. The van der Waals surface area contributed by atoms with E-state index < -0.39 is 0 Å². The number of nitrogens with zero attached hydrogens (tertiary/aromatic N) is 3. The molecule has 1 aliphatic rings. The normalized spacial score (nSPS) is 20.4. The summed E-state index contributed by atoms with van der Waals surface area (Å²) in [4.78, 5) is 14.8. The molecule has 2 aromatic rings. The predicted molar refractivity (Wildman–Crippen MR) is 117 cm³/mol. The Balaban J connectivity index is 1.40. The standard InChI is InChI=1S/C23H35N5O/c1-18-12-19(2)15-27(14-18)23(3,4)17-25-22(29)24-11-10-20-13-26-28(16-20)21-8-6-5-7-9-21/h5-9,13,16,18-19H,10-12,14-15,17H2,1-4H3,(H2,24,25,29). The predicted octanol–water partition coefficient (Wildman–Crippen LogP) is 3.47. The van der Waals surface area contributed by atoms with Crippen molar-refractivity contribution in [3.8, 4) is 5.69 Å². The second kappa shape index (κ2) is 9.44. The molecule has 6 heteroatoms. The van der Waals surface area contributed by atoms with Crippen molar-refractivity contribution in [2.75, 3.05) is 26.2 Å². The first-order valence-corrected chi connectivity index (χ1v) is 10.7. The van der Waals surface area contributed by atoms with Gasteiger partial charge in [0.15, 0.2) is 0 Å². The average Bonchev–Trinajstić information content (AvgIpc) is 3.15. The van der Waals surface area contributed by atoms with Crippen molar-refractivity contribution >= 4 is 6.03 Å². The molecule has 2 N–H and O–H groups in total. The van der Waals surface area contributed by atoms with E-state index in [1.165, 1.54) is 6.42 Å². The van der Waals surface area contributed by atoms with Crippen LogP contribution in [0.3, 0.4) is 0 Å². The van der Waals surface area contributed by atoms with Gasteiger partial charge in [0, 0.05) is 37.9 Å². The molecule has 1 aromatic carbocycles. The van der Waals surface area contributed by atoms with Gasteiger partial charge in [-0.05, 0) is 56.2 Å². The molecular weight excluding hydrogens is 362 g/mol. The Labute approximate surface area is 174 Å². The summed E-state index contributed by atoms with van der Waals surface area (Å²) in [5.74, 6) is 1.42. The molecule has 158 valence electrons. The first-order valence-electron chi connectivity index (χ1n) is 10.7. The van der Waals surface area contributed by atoms with Gasteiger partial charge in [0.2, 0.25) is 0 Å². The lowest BCUT2D eigenvalue weighted by molar-refractivity contribution is 0.0473. The Hall–Kier alpha value is -2.34. The number of piperidine rings is 1. The molecule has 1 aromatic heterocycles. The van der Waals surface area contributed by atoms with Crippen molar-refractivity contribution in [1.82, 2.24) is 25.3 Å². The zero-order chi connectivity index (χ0) is 20.9. The van der Waals surface area contributed by atoms with E-state index in [2.05, 4.69) is 48.3 Å². The summed E-state index contributed by atoms with van der Waals surface area (Å²) in [6.07, 6.45) is 5.91. The fourth-order valence-corrected chi connectivity index (χ4v) is 4.16. The molecule has 0 spiro atoms. The minimum Gasteiger partial charge on any atom is -0.338 e.